The predicted molar refractivity (Wildman–Crippen MR) is 127 cm³/mol. The van der Waals surface area contributed by atoms with Gasteiger partial charge in [-0.2, -0.15) is 0 Å². The average molecular weight is 468 g/mol. The maximum absolute atomic E-state index is 12.9. The van der Waals surface area contributed by atoms with Crippen molar-refractivity contribution in [1.82, 2.24) is 19.8 Å². The number of aryl methyl sites for hydroxylation is 1. The van der Waals surface area contributed by atoms with Gasteiger partial charge in [-0.15, -0.1) is 35.5 Å². The minimum Gasteiger partial charge on any atom is -0.338 e. The van der Waals surface area contributed by atoms with Crippen LogP contribution in [0.5, 0.6) is 0 Å². The molecule has 0 atom stereocenters. The van der Waals surface area contributed by atoms with Gasteiger partial charge >= 0.3 is 0 Å². The van der Waals surface area contributed by atoms with Gasteiger partial charge in [-0.05, 0) is 37.9 Å². The minimum absolute atomic E-state index is 0. The van der Waals surface area contributed by atoms with Crippen LogP contribution in [0, 0.1) is 0 Å². The van der Waals surface area contributed by atoms with Gasteiger partial charge in [-0.3, -0.25) is 9.69 Å². The van der Waals surface area contributed by atoms with Gasteiger partial charge in [0.1, 0.15) is 0 Å². The van der Waals surface area contributed by atoms with Crippen molar-refractivity contribution in [2.24, 2.45) is 0 Å². The SMILES string of the molecule is CCc1cc2c(s1)SCCN(CCCCN1CCN(c3ncccn3)CC1)C2=O.Cl. The number of fused-ring (bicyclic) bond motifs is 1. The van der Waals surface area contributed by atoms with Crippen LogP contribution in [0.25, 0.3) is 0 Å². The Hall–Kier alpha value is -1.35. The van der Waals surface area contributed by atoms with Crippen molar-refractivity contribution in [3.63, 3.8) is 0 Å². The molecular formula is C21H30ClN5OS2. The minimum atomic E-state index is 0. The highest BCUT2D eigenvalue weighted by atomic mass is 35.5. The highest BCUT2D eigenvalue weighted by molar-refractivity contribution is 8.01. The number of carbonyl (C=O) groups excluding carboxylic acids is 1. The zero-order chi connectivity index (χ0) is 20.1. The van der Waals surface area contributed by atoms with Gasteiger partial charge in [-0.25, -0.2) is 9.97 Å². The number of unbranched alkanes of at least 4 members (excludes halogenated alkanes) is 1. The lowest BCUT2D eigenvalue weighted by Gasteiger charge is -2.34. The van der Waals surface area contributed by atoms with Gasteiger partial charge in [0.25, 0.3) is 5.91 Å². The molecule has 2 aromatic rings. The normalized spacial score (nSPS) is 17.4. The van der Waals surface area contributed by atoms with Gasteiger partial charge in [0.15, 0.2) is 0 Å². The Kier molecular flexibility index (Phi) is 8.80. The quantitative estimate of drug-likeness (QED) is 0.579. The number of thioether (sulfide) groups is 1. The number of nitrogens with zero attached hydrogens (tertiary/aromatic N) is 5. The molecule has 0 radical (unpaired) electrons. The molecule has 0 spiro atoms. The van der Waals surface area contributed by atoms with Gasteiger partial charge in [0.2, 0.25) is 5.95 Å². The van der Waals surface area contributed by atoms with Crippen LogP contribution in [-0.4, -0.2) is 77.2 Å². The molecule has 164 valence electrons. The number of carbonyl (C=O) groups is 1. The second-order valence-corrected chi connectivity index (χ2v) is 9.99. The first-order chi connectivity index (χ1) is 14.2. The maximum atomic E-state index is 12.9. The van der Waals surface area contributed by atoms with E-state index in [4.69, 9.17) is 0 Å². The summed E-state index contributed by atoms with van der Waals surface area (Å²) in [5, 5.41) is 0. The number of anilines is 1. The lowest BCUT2D eigenvalue weighted by atomic mass is 10.2. The van der Waals surface area contributed by atoms with E-state index in [1.165, 1.54) is 9.09 Å². The van der Waals surface area contributed by atoms with Crippen molar-refractivity contribution in [1.29, 1.82) is 0 Å². The maximum Gasteiger partial charge on any atom is 0.255 e. The smallest absolute Gasteiger partial charge is 0.255 e. The Morgan fingerprint density at radius 3 is 2.50 bits per heavy atom. The molecule has 9 heteroatoms. The van der Waals surface area contributed by atoms with Gasteiger partial charge in [-0.1, -0.05) is 6.92 Å². The Bertz CT molecular complexity index is 811. The van der Waals surface area contributed by atoms with Gasteiger partial charge in [0.05, 0.1) is 9.77 Å². The summed E-state index contributed by atoms with van der Waals surface area (Å²) in [6.07, 6.45) is 6.82. The summed E-state index contributed by atoms with van der Waals surface area (Å²) in [5.74, 6) is 2.08. The summed E-state index contributed by atoms with van der Waals surface area (Å²) >= 11 is 3.64. The fraction of sp³-hybridized carbons (Fsp3) is 0.571. The second-order valence-electron chi connectivity index (χ2n) is 7.49. The number of halogens is 1. The van der Waals surface area contributed by atoms with E-state index in [1.54, 1.807) is 23.7 Å². The van der Waals surface area contributed by atoms with Crippen LogP contribution in [-0.2, 0) is 6.42 Å². The average Bonchev–Trinajstić information content (AvgIpc) is 3.13. The Morgan fingerprint density at radius 1 is 1.03 bits per heavy atom. The molecule has 0 aliphatic carbocycles. The molecule has 30 heavy (non-hydrogen) atoms. The molecule has 2 aromatic heterocycles. The second kappa shape index (κ2) is 11.3. The van der Waals surface area contributed by atoms with Crippen LogP contribution in [0.1, 0.15) is 35.0 Å². The van der Waals surface area contributed by atoms with Crippen LogP contribution in [0.2, 0.25) is 0 Å². The monoisotopic (exact) mass is 467 g/mol. The third kappa shape index (κ3) is 5.66. The molecule has 1 fully saturated rings. The van der Waals surface area contributed by atoms with E-state index in [1.807, 2.05) is 17.8 Å². The van der Waals surface area contributed by atoms with Gasteiger partial charge < -0.3 is 9.80 Å². The van der Waals surface area contributed by atoms with E-state index in [-0.39, 0.29) is 18.3 Å². The molecule has 2 aliphatic rings. The molecule has 0 aromatic carbocycles. The molecule has 2 aliphatic heterocycles. The van der Waals surface area contributed by atoms with Crippen molar-refractivity contribution in [2.75, 3.05) is 56.5 Å². The van der Waals surface area contributed by atoms with E-state index in [0.717, 1.165) is 82.3 Å². The molecule has 1 amide bonds. The van der Waals surface area contributed by atoms with Crippen LogP contribution in [0.3, 0.4) is 0 Å². The van der Waals surface area contributed by atoms with Crippen LogP contribution < -0.4 is 4.90 Å². The zero-order valence-electron chi connectivity index (χ0n) is 17.5. The third-order valence-electron chi connectivity index (χ3n) is 5.57. The summed E-state index contributed by atoms with van der Waals surface area (Å²) in [6.45, 7) is 9.05. The summed E-state index contributed by atoms with van der Waals surface area (Å²) < 4.78 is 1.22. The van der Waals surface area contributed by atoms with Crippen molar-refractivity contribution in [3.8, 4) is 0 Å². The lowest BCUT2D eigenvalue weighted by molar-refractivity contribution is 0.0761. The molecule has 4 heterocycles. The van der Waals surface area contributed by atoms with E-state index < -0.39 is 0 Å². The topological polar surface area (TPSA) is 52.6 Å². The number of thiophene rings is 1. The highest BCUT2D eigenvalue weighted by Crippen LogP contribution is 2.35. The van der Waals surface area contributed by atoms with Crippen LogP contribution in [0.15, 0.2) is 28.7 Å². The number of amides is 1. The predicted octanol–water partition coefficient (Wildman–Crippen LogP) is 3.67. The fourth-order valence-electron chi connectivity index (χ4n) is 3.85. The van der Waals surface area contributed by atoms with E-state index in [9.17, 15) is 4.79 Å². The van der Waals surface area contributed by atoms with Crippen molar-refractivity contribution in [3.05, 3.63) is 35.0 Å². The van der Waals surface area contributed by atoms with Crippen molar-refractivity contribution >= 4 is 47.4 Å². The number of aromatic nitrogens is 2. The number of hydrogen-bond acceptors (Lipinski definition) is 7. The third-order valence-corrected chi connectivity index (χ3v) is 8.12. The van der Waals surface area contributed by atoms with E-state index >= 15 is 0 Å². The summed E-state index contributed by atoms with van der Waals surface area (Å²) in [5.41, 5.74) is 0.939. The van der Waals surface area contributed by atoms with E-state index in [0.29, 0.717) is 0 Å². The number of piperazine rings is 1. The standard InChI is InChI=1S/C21H29N5OS2.ClH/c1-2-17-16-18-19(27)25(14-15-28-20(18)29-17)9-4-3-8-24-10-12-26(13-11-24)21-22-6-5-7-23-21;/h5-7,16H,2-4,8-15H2,1H3;1H. The van der Waals surface area contributed by atoms with Crippen LogP contribution >= 0.6 is 35.5 Å². The highest BCUT2D eigenvalue weighted by Gasteiger charge is 2.25. The molecule has 0 saturated carbocycles. The summed E-state index contributed by atoms with van der Waals surface area (Å²) in [6, 6.07) is 3.97. The first-order valence-corrected chi connectivity index (χ1v) is 12.3. The molecule has 6 nitrogen and oxygen atoms in total. The number of rotatable bonds is 7. The zero-order valence-corrected chi connectivity index (χ0v) is 19.9. The fourth-order valence-corrected chi connectivity index (χ4v) is 6.27. The Labute approximate surface area is 193 Å². The molecule has 0 bridgehead atoms. The largest absolute Gasteiger partial charge is 0.338 e. The number of hydrogen-bond donors (Lipinski definition) is 0. The molecular weight excluding hydrogens is 438 g/mol. The first-order valence-electron chi connectivity index (χ1n) is 10.5. The summed E-state index contributed by atoms with van der Waals surface area (Å²) in [7, 11) is 0. The Balaban J connectivity index is 0.00000256. The first kappa shape index (κ1) is 23.3. The molecule has 4 rings (SSSR count). The van der Waals surface area contributed by atoms with Crippen LogP contribution in [0.4, 0.5) is 5.95 Å². The van der Waals surface area contributed by atoms with Crippen molar-refractivity contribution < 1.29 is 4.79 Å². The Morgan fingerprint density at radius 2 is 1.77 bits per heavy atom. The molecule has 0 N–H and O–H groups in total. The lowest BCUT2D eigenvalue weighted by Crippen LogP contribution is -2.47. The molecule has 0 unspecified atom stereocenters. The summed E-state index contributed by atoms with van der Waals surface area (Å²) in [4.78, 5) is 29.8. The molecule has 1 saturated heterocycles. The van der Waals surface area contributed by atoms with Gasteiger partial charge in [0, 0.05) is 62.3 Å². The van der Waals surface area contributed by atoms with Crippen molar-refractivity contribution in [2.45, 2.75) is 30.4 Å². The van der Waals surface area contributed by atoms with E-state index in [2.05, 4.69) is 37.7 Å².